The van der Waals surface area contributed by atoms with Crippen LogP contribution in [0.4, 0.5) is 16.2 Å². The van der Waals surface area contributed by atoms with Crippen LogP contribution in [-0.2, 0) is 4.74 Å². The first kappa shape index (κ1) is 17.8. The zero-order valence-electron chi connectivity index (χ0n) is 15.1. The number of nitrogens with zero attached hydrogens (tertiary/aromatic N) is 2. The summed E-state index contributed by atoms with van der Waals surface area (Å²) in [4.78, 5) is 28.0. The Morgan fingerprint density at radius 2 is 1.54 bits per heavy atom. The molecule has 0 aliphatic carbocycles. The van der Waals surface area contributed by atoms with Crippen molar-refractivity contribution in [2.24, 2.45) is 0 Å². The van der Waals surface area contributed by atoms with Crippen molar-refractivity contribution < 1.29 is 14.3 Å². The summed E-state index contributed by atoms with van der Waals surface area (Å²) in [7, 11) is 1.34. The Labute approximate surface area is 153 Å². The number of benzene rings is 2. The molecular formula is C20H23N3O3. The molecule has 1 N–H and O–H groups in total. The van der Waals surface area contributed by atoms with Crippen LogP contribution in [0.2, 0.25) is 0 Å². The second-order valence-electron chi connectivity index (χ2n) is 6.31. The summed E-state index contributed by atoms with van der Waals surface area (Å²) in [6, 6.07) is 15.0. The minimum absolute atomic E-state index is 0.126. The summed E-state index contributed by atoms with van der Waals surface area (Å²) in [5.74, 6) is -0.393. The second-order valence-corrected chi connectivity index (χ2v) is 6.31. The molecule has 6 heteroatoms. The van der Waals surface area contributed by atoms with Gasteiger partial charge in [0.25, 0.3) is 0 Å². The van der Waals surface area contributed by atoms with Crippen LogP contribution >= 0.6 is 0 Å². The van der Waals surface area contributed by atoms with E-state index in [1.807, 2.05) is 0 Å². The number of hydrogen-bond acceptors (Lipinski definition) is 4. The molecule has 2 amide bonds. The summed E-state index contributed by atoms with van der Waals surface area (Å²) >= 11 is 0. The quantitative estimate of drug-likeness (QED) is 0.861. The maximum atomic E-state index is 12.4. The highest BCUT2D eigenvalue weighted by Crippen LogP contribution is 2.18. The van der Waals surface area contributed by atoms with Crippen LogP contribution in [0.3, 0.4) is 0 Å². The molecule has 1 fully saturated rings. The average molecular weight is 353 g/mol. The van der Waals surface area contributed by atoms with E-state index in [2.05, 4.69) is 46.1 Å². The van der Waals surface area contributed by atoms with Crippen molar-refractivity contribution in [3.8, 4) is 0 Å². The highest BCUT2D eigenvalue weighted by molar-refractivity contribution is 5.92. The van der Waals surface area contributed by atoms with E-state index in [4.69, 9.17) is 0 Å². The van der Waals surface area contributed by atoms with Crippen LogP contribution in [-0.4, -0.2) is 50.2 Å². The molecule has 1 saturated heterocycles. The zero-order valence-corrected chi connectivity index (χ0v) is 15.1. The van der Waals surface area contributed by atoms with Crippen molar-refractivity contribution in [3.63, 3.8) is 0 Å². The minimum Gasteiger partial charge on any atom is -0.465 e. The first-order chi connectivity index (χ1) is 12.6. The largest absolute Gasteiger partial charge is 0.465 e. The first-order valence-corrected chi connectivity index (χ1v) is 8.63. The molecule has 136 valence electrons. The third-order valence-electron chi connectivity index (χ3n) is 4.52. The van der Waals surface area contributed by atoms with Gasteiger partial charge in [-0.15, -0.1) is 0 Å². The van der Waals surface area contributed by atoms with Crippen LogP contribution in [0, 0.1) is 6.92 Å². The molecule has 0 radical (unpaired) electrons. The maximum absolute atomic E-state index is 12.4. The number of urea groups is 1. The molecule has 1 aliphatic heterocycles. The van der Waals surface area contributed by atoms with Gasteiger partial charge in [-0.2, -0.15) is 0 Å². The van der Waals surface area contributed by atoms with E-state index in [-0.39, 0.29) is 6.03 Å². The van der Waals surface area contributed by atoms with Gasteiger partial charge >= 0.3 is 12.0 Å². The zero-order chi connectivity index (χ0) is 18.5. The highest BCUT2D eigenvalue weighted by atomic mass is 16.5. The lowest BCUT2D eigenvalue weighted by molar-refractivity contribution is 0.0600. The molecule has 0 spiro atoms. The van der Waals surface area contributed by atoms with Crippen molar-refractivity contribution in [2.75, 3.05) is 43.5 Å². The number of methoxy groups -OCH3 is 1. The number of piperazine rings is 1. The summed E-state index contributed by atoms with van der Waals surface area (Å²) in [6.45, 7) is 5.01. The van der Waals surface area contributed by atoms with E-state index in [1.165, 1.54) is 18.4 Å². The number of nitrogens with one attached hydrogen (secondary N) is 1. The Morgan fingerprint density at radius 1 is 0.923 bits per heavy atom. The Morgan fingerprint density at radius 3 is 2.12 bits per heavy atom. The number of esters is 1. The van der Waals surface area contributed by atoms with E-state index in [9.17, 15) is 9.59 Å². The molecule has 6 nitrogen and oxygen atoms in total. The van der Waals surface area contributed by atoms with Crippen molar-refractivity contribution >= 4 is 23.4 Å². The third-order valence-corrected chi connectivity index (χ3v) is 4.52. The summed E-state index contributed by atoms with van der Waals surface area (Å²) in [5.41, 5.74) is 3.54. The van der Waals surface area contributed by atoms with Gasteiger partial charge < -0.3 is 19.9 Å². The van der Waals surface area contributed by atoms with Crippen LogP contribution in [0.25, 0.3) is 0 Å². The van der Waals surface area contributed by atoms with Crippen LogP contribution in [0.15, 0.2) is 48.5 Å². The summed E-state index contributed by atoms with van der Waals surface area (Å²) in [6.07, 6.45) is 0. The van der Waals surface area contributed by atoms with Crippen molar-refractivity contribution in [1.82, 2.24) is 4.90 Å². The van der Waals surface area contributed by atoms with Gasteiger partial charge in [-0.05, 0) is 43.3 Å². The van der Waals surface area contributed by atoms with E-state index in [1.54, 1.807) is 29.2 Å². The lowest BCUT2D eigenvalue weighted by Gasteiger charge is -2.36. The van der Waals surface area contributed by atoms with Gasteiger partial charge in [0, 0.05) is 37.6 Å². The monoisotopic (exact) mass is 353 g/mol. The number of carbonyl (C=O) groups is 2. The molecular weight excluding hydrogens is 330 g/mol. The van der Waals surface area contributed by atoms with Gasteiger partial charge in [-0.1, -0.05) is 17.7 Å². The van der Waals surface area contributed by atoms with Gasteiger partial charge in [-0.3, -0.25) is 0 Å². The van der Waals surface area contributed by atoms with Gasteiger partial charge in [0.05, 0.1) is 12.7 Å². The van der Waals surface area contributed by atoms with Gasteiger partial charge in [0.15, 0.2) is 0 Å². The molecule has 0 bridgehead atoms. The van der Waals surface area contributed by atoms with Crippen LogP contribution in [0.1, 0.15) is 15.9 Å². The van der Waals surface area contributed by atoms with Gasteiger partial charge in [0.1, 0.15) is 0 Å². The van der Waals surface area contributed by atoms with Crippen LogP contribution < -0.4 is 10.2 Å². The summed E-state index contributed by atoms with van der Waals surface area (Å²) < 4.78 is 4.67. The lowest BCUT2D eigenvalue weighted by Crippen LogP contribution is -2.50. The lowest BCUT2D eigenvalue weighted by atomic mass is 10.2. The SMILES string of the molecule is COC(=O)c1ccc(NC(=O)N2CCN(c3ccc(C)cc3)CC2)cc1. The predicted octanol–water partition coefficient (Wildman–Crippen LogP) is 3.14. The average Bonchev–Trinajstić information content (AvgIpc) is 2.68. The number of amides is 2. The van der Waals surface area contributed by atoms with Crippen molar-refractivity contribution in [2.45, 2.75) is 6.92 Å². The molecule has 0 unspecified atom stereocenters. The van der Waals surface area contributed by atoms with Gasteiger partial charge in [-0.25, -0.2) is 9.59 Å². The first-order valence-electron chi connectivity index (χ1n) is 8.63. The minimum atomic E-state index is -0.393. The van der Waals surface area contributed by atoms with Crippen molar-refractivity contribution in [3.05, 3.63) is 59.7 Å². The third kappa shape index (κ3) is 4.14. The topological polar surface area (TPSA) is 61.9 Å². The maximum Gasteiger partial charge on any atom is 0.337 e. The fourth-order valence-electron chi connectivity index (χ4n) is 2.93. The van der Waals surface area contributed by atoms with E-state index in [0.717, 1.165) is 13.1 Å². The van der Waals surface area contributed by atoms with E-state index < -0.39 is 5.97 Å². The molecule has 1 heterocycles. The molecule has 0 atom stereocenters. The van der Waals surface area contributed by atoms with E-state index in [0.29, 0.717) is 24.3 Å². The predicted molar refractivity (Wildman–Crippen MR) is 102 cm³/mol. The van der Waals surface area contributed by atoms with Crippen molar-refractivity contribution in [1.29, 1.82) is 0 Å². The Bertz CT molecular complexity index is 764. The number of rotatable bonds is 3. The molecule has 0 aromatic heterocycles. The standard InChI is InChI=1S/C20H23N3O3/c1-15-3-9-18(10-4-15)22-11-13-23(14-12-22)20(25)21-17-7-5-16(6-8-17)19(24)26-2/h3-10H,11-14H2,1-2H3,(H,21,25). The fourth-order valence-corrected chi connectivity index (χ4v) is 2.93. The molecule has 2 aromatic rings. The molecule has 1 aliphatic rings. The smallest absolute Gasteiger partial charge is 0.337 e. The Balaban J connectivity index is 1.53. The normalized spacial score (nSPS) is 14.1. The summed E-state index contributed by atoms with van der Waals surface area (Å²) in [5, 5.41) is 2.87. The number of aryl methyl sites for hydroxylation is 1. The number of hydrogen-bond donors (Lipinski definition) is 1. The molecule has 0 saturated carbocycles. The molecule has 2 aromatic carbocycles. The Kier molecular flexibility index (Phi) is 5.41. The van der Waals surface area contributed by atoms with Crippen LogP contribution in [0.5, 0.6) is 0 Å². The number of carbonyl (C=O) groups excluding carboxylic acids is 2. The number of ether oxygens (including phenoxy) is 1. The molecule has 3 rings (SSSR count). The molecule has 26 heavy (non-hydrogen) atoms. The Hall–Kier alpha value is -3.02. The fraction of sp³-hybridized carbons (Fsp3) is 0.300. The van der Waals surface area contributed by atoms with Gasteiger partial charge in [0.2, 0.25) is 0 Å². The van der Waals surface area contributed by atoms with E-state index >= 15 is 0 Å². The highest BCUT2D eigenvalue weighted by Gasteiger charge is 2.21. The second kappa shape index (κ2) is 7.91. The number of anilines is 2.